The van der Waals surface area contributed by atoms with Crippen LogP contribution in [0.3, 0.4) is 0 Å². The van der Waals surface area contributed by atoms with Crippen LogP contribution in [-0.2, 0) is 6.54 Å². The Bertz CT molecular complexity index is 431. The quantitative estimate of drug-likeness (QED) is 0.495. The highest BCUT2D eigenvalue weighted by atomic mass is 16.5. The summed E-state index contributed by atoms with van der Waals surface area (Å²) in [5, 5.41) is 0. The number of nitrogen functional groups attached to an aromatic ring is 1. The third-order valence-corrected chi connectivity index (χ3v) is 1.74. The molecular formula is C6H7N3O3. The van der Waals surface area contributed by atoms with Crippen LogP contribution in [0.25, 0.3) is 0 Å². The summed E-state index contributed by atoms with van der Waals surface area (Å²) in [6.07, 6.45) is 0. The van der Waals surface area contributed by atoms with Crippen molar-refractivity contribution >= 4 is 5.69 Å². The number of aromatic nitrogens is 2. The van der Waals surface area contributed by atoms with Gasteiger partial charge in [-0.15, -0.1) is 0 Å². The van der Waals surface area contributed by atoms with E-state index in [1.54, 1.807) is 0 Å². The Hall–Kier alpha value is -1.72. The summed E-state index contributed by atoms with van der Waals surface area (Å²) in [5.74, 6) is 0.184. The lowest BCUT2D eigenvalue weighted by Crippen LogP contribution is -2.29. The van der Waals surface area contributed by atoms with E-state index >= 15 is 0 Å². The van der Waals surface area contributed by atoms with Crippen LogP contribution >= 0.6 is 0 Å². The number of aromatic amines is 1. The summed E-state index contributed by atoms with van der Waals surface area (Å²) in [6, 6.07) is 0. The average molecular weight is 169 g/mol. The molecule has 2 heterocycles. The lowest BCUT2D eigenvalue weighted by molar-refractivity contribution is 0.358. The van der Waals surface area contributed by atoms with Crippen molar-refractivity contribution in [3.63, 3.8) is 0 Å². The molecule has 0 fully saturated rings. The first-order valence-corrected chi connectivity index (χ1v) is 3.45. The molecule has 1 aliphatic heterocycles. The molecule has 0 atom stereocenters. The number of nitrogens with one attached hydrogen (secondary N) is 1. The molecule has 1 aromatic heterocycles. The standard InChI is InChI=1S/C6H7N3O3/c7-3-4(10)8-6(11)9-1-2-12-5(3)9/h1-2,7H2,(H,8,10,11). The van der Waals surface area contributed by atoms with E-state index in [-0.39, 0.29) is 11.6 Å². The number of rotatable bonds is 0. The maximum absolute atomic E-state index is 11.1. The zero-order chi connectivity index (χ0) is 8.72. The zero-order valence-corrected chi connectivity index (χ0v) is 6.16. The van der Waals surface area contributed by atoms with Gasteiger partial charge in [0.25, 0.3) is 5.56 Å². The average Bonchev–Trinajstić information content (AvgIpc) is 2.48. The Morgan fingerprint density at radius 2 is 2.25 bits per heavy atom. The van der Waals surface area contributed by atoms with Crippen LogP contribution in [0.15, 0.2) is 9.59 Å². The second kappa shape index (κ2) is 2.13. The molecule has 6 heteroatoms. The smallest absolute Gasteiger partial charge is 0.331 e. The summed E-state index contributed by atoms with van der Waals surface area (Å²) in [5.41, 5.74) is 4.28. The molecule has 0 saturated carbocycles. The highest BCUT2D eigenvalue weighted by Crippen LogP contribution is 2.18. The van der Waals surface area contributed by atoms with Crippen LogP contribution in [0.5, 0.6) is 5.88 Å². The highest BCUT2D eigenvalue weighted by molar-refractivity contribution is 5.46. The first-order chi connectivity index (χ1) is 5.70. The van der Waals surface area contributed by atoms with Gasteiger partial charge < -0.3 is 10.5 Å². The van der Waals surface area contributed by atoms with E-state index in [1.165, 1.54) is 4.57 Å². The van der Waals surface area contributed by atoms with E-state index in [0.29, 0.717) is 13.2 Å². The van der Waals surface area contributed by atoms with Crippen molar-refractivity contribution in [1.82, 2.24) is 9.55 Å². The summed E-state index contributed by atoms with van der Waals surface area (Å²) in [7, 11) is 0. The number of fused-ring (bicyclic) bond motifs is 1. The predicted octanol–water partition coefficient (Wildman–Crippen LogP) is -1.49. The fourth-order valence-corrected chi connectivity index (χ4v) is 1.16. The van der Waals surface area contributed by atoms with Gasteiger partial charge in [-0.25, -0.2) is 4.79 Å². The van der Waals surface area contributed by atoms with Gasteiger partial charge in [-0.1, -0.05) is 0 Å². The van der Waals surface area contributed by atoms with Gasteiger partial charge in [0.1, 0.15) is 6.61 Å². The van der Waals surface area contributed by atoms with Crippen molar-refractivity contribution in [2.45, 2.75) is 6.54 Å². The van der Waals surface area contributed by atoms with Gasteiger partial charge in [0.05, 0.1) is 6.54 Å². The van der Waals surface area contributed by atoms with E-state index in [1.807, 2.05) is 0 Å². The molecule has 12 heavy (non-hydrogen) atoms. The number of hydrogen-bond donors (Lipinski definition) is 2. The topological polar surface area (TPSA) is 90.1 Å². The first-order valence-electron chi connectivity index (χ1n) is 3.45. The number of ether oxygens (including phenoxy) is 1. The third kappa shape index (κ3) is 0.744. The molecule has 2 rings (SSSR count). The van der Waals surface area contributed by atoms with Crippen molar-refractivity contribution in [2.24, 2.45) is 0 Å². The highest BCUT2D eigenvalue weighted by Gasteiger charge is 2.18. The third-order valence-electron chi connectivity index (χ3n) is 1.74. The van der Waals surface area contributed by atoms with Gasteiger partial charge in [0.2, 0.25) is 5.88 Å². The largest absolute Gasteiger partial charge is 0.475 e. The maximum Gasteiger partial charge on any atom is 0.331 e. The Labute approximate surface area is 66.6 Å². The van der Waals surface area contributed by atoms with Crippen molar-refractivity contribution in [1.29, 1.82) is 0 Å². The number of anilines is 1. The number of hydrogen-bond acceptors (Lipinski definition) is 4. The van der Waals surface area contributed by atoms with Gasteiger partial charge in [-0.2, -0.15) is 0 Å². The molecule has 1 aliphatic rings. The Kier molecular flexibility index (Phi) is 1.24. The molecule has 0 spiro atoms. The minimum atomic E-state index is -0.590. The number of H-pyrrole nitrogens is 1. The Balaban J connectivity index is 2.87. The molecule has 64 valence electrons. The fraction of sp³-hybridized carbons (Fsp3) is 0.333. The summed E-state index contributed by atoms with van der Waals surface area (Å²) in [4.78, 5) is 24.1. The predicted molar refractivity (Wildman–Crippen MR) is 41.2 cm³/mol. The first kappa shape index (κ1) is 6.96. The summed E-state index contributed by atoms with van der Waals surface area (Å²) >= 11 is 0. The van der Waals surface area contributed by atoms with Gasteiger partial charge in [-0.3, -0.25) is 14.3 Å². The van der Waals surface area contributed by atoms with Crippen molar-refractivity contribution in [2.75, 3.05) is 12.3 Å². The van der Waals surface area contributed by atoms with Crippen LogP contribution in [-0.4, -0.2) is 16.2 Å². The molecule has 0 saturated heterocycles. The summed E-state index contributed by atoms with van der Waals surface area (Å²) < 4.78 is 6.31. The molecule has 6 nitrogen and oxygen atoms in total. The number of nitrogens with two attached hydrogens (primary N) is 1. The molecule has 0 aromatic carbocycles. The molecular weight excluding hydrogens is 162 g/mol. The second-order valence-corrected chi connectivity index (χ2v) is 2.48. The van der Waals surface area contributed by atoms with Crippen LogP contribution in [0, 0.1) is 0 Å². The normalized spacial score (nSPS) is 14.0. The summed E-state index contributed by atoms with van der Waals surface area (Å²) in [6.45, 7) is 0.825. The minimum absolute atomic E-state index is 0.0351. The second-order valence-electron chi connectivity index (χ2n) is 2.48. The molecule has 0 unspecified atom stereocenters. The van der Waals surface area contributed by atoms with E-state index in [9.17, 15) is 9.59 Å². The zero-order valence-electron chi connectivity index (χ0n) is 6.16. The molecule has 0 aliphatic carbocycles. The van der Waals surface area contributed by atoms with Gasteiger partial charge in [-0.05, 0) is 0 Å². The number of nitrogens with zero attached hydrogens (tertiary/aromatic N) is 1. The lowest BCUT2D eigenvalue weighted by Gasteiger charge is -2.00. The van der Waals surface area contributed by atoms with Gasteiger partial charge in [0, 0.05) is 0 Å². The van der Waals surface area contributed by atoms with E-state index < -0.39 is 11.2 Å². The van der Waals surface area contributed by atoms with Crippen molar-refractivity contribution in [3.8, 4) is 5.88 Å². The monoisotopic (exact) mass is 169 g/mol. The van der Waals surface area contributed by atoms with E-state index in [2.05, 4.69) is 4.98 Å². The SMILES string of the molecule is Nc1c2n(c(=O)[nH]c1=O)CCO2. The van der Waals surface area contributed by atoms with Crippen molar-refractivity contribution in [3.05, 3.63) is 20.8 Å². The lowest BCUT2D eigenvalue weighted by atomic mass is 10.5. The van der Waals surface area contributed by atoms with E-state index in [0.717, 1.165) is 0 Å². The Morgan fingerprint density at radius 1 is 1.50 bits per heavy atom. The molecule has 3 N–H and O–H groups in total. The van der Waals surface area contributed by atoms with Crippen LogP contribution in [0.4, 0.5) is 5.69 Å². The maximum atomic E-state index is 11.1. The van der Waals surface area contributed by atoms with Crippen molar-refractivity contribution < 1.29 is 4.74 Å². The molecule has 0 bridgehead atoms. The molecule has 0 radical (unpaired) electrons. The fourth-order valence-electron chi connectivity index (χ4n) is 1.16. The van der Waals surface area contributed by atoms with Gasteiger partial charge >= 0.3 is 5.69 Å². The minimum Gasteiger partial charge on any atom is -0.475 e. The molecule has 1 aromatic rings. The van der Waals surface area contributed by atoms with Gasteiger partial charge in [0.15, 0.2) is 5.69 Å². The molecule has 0 amide bonds. The van der Waals surface area contributed by atoms with Crippen LogP contribution < -0.4 is 21.7 Å². The van der Waals surface area contributed by atoms with E-state index in [4.69, 9.17) is 10.5 Å². The van der Waals surface area contributed by atoms with Crippen LogP contribution in [0.1, 0.15) is 0 Å². The Morgan fingerprint density at radius 3 is 3.00 bits per heavy atom. The van der Waals surface area contributed by atoms with Crippen LogP contribution in [0.2, 0.25) is 0 Å².